The molecule has 3 nitrogen and oxygen atoms in total. The second-order valence-electron chi connectivity index (χ2n) is 6.72. The van der Waals surface area contributed by atoms with Gasteiger partial charge in [-0.2, -0.15) is 0 Å². The minimum Gasteiger partial charge on any atom is -0.495 e. The number of furan rings is 1. The zero-order chi connectivity index (χ0) is 18.4. The summed E-state index contributed by atoms with van der Waals surface area (Å²) in [5, 5.41) is 1.10. The van der Waals surface area contributed by atoms with Crippen LogP contribution in [0.1, 0.15) is 16.7 Å². The second kappa shape index (κ2) is 6.06. The number of methoxy groups -OCH3 is 1. The third kappa shape index (κ3) is 2.43. The van der Waals surface area contributed by atoms with Crippen LogP contribution >= 0.6 is 0 Å². The van der Waals surface area contributed by atoms with E-state index in [-0.39, 0.29) is 0 Å². The van der Waals surface area contributed by atoms with Crippen molar-refractivity contribution in [1.82, 2.24) is 0 Å². The van der Waals surface area contributed by atoms with E-state index in [0.29, 0.717) is 0 Å². The van der Waals surface area contributed by atoms with Crippen LogP contribution in [0.2, 0.25) is 0 Å². The molecule has 3 aromatic carbocycles. The van der Waals surface area contributed by atoms with Crippen LogP contribution in [0.15, 0.2) is 71.1 Å². The number of benzene rings is 3. The Morgan fingerprint density at radius 2 is 1.67 bits per heavy atom. The smallest absolute Gasteiger partial charge is 0.213 e. The molecule has 0 N–H and O–H groups in total. The summed E-state index contributed by atoms with van der Waals surface area (Å²) >= 11 is 0. The Morgan fingerprint density at radius 1 is 0.852 bits per heavy atom. The summed E-state index contributed by atoms with van der Waals surface area (Å²) in [4.78, 5) is 2.16. The maximum atomic E-state index is 6.34. The fourth-order valence-electron chi connectivity index (χ4n) is 3.70. The highest BCUT2D eigenvalue weighted by molar-refractivity contribution is 6.02. The molecule has 0 spiro atoms. The molecule has 27 heavy (non-hydrogen) atoms. The van der Waals surface area contributed by atoms with Crippen LogP contribution in [0.4, 0.5) is 17.3 Å². The Hall–Kier alpha value is -3.46. The lowest BCUT2D eigenvalue weighted by Crippen LogP contribution is -2.12. The number of hydrogen-bond donors (Lipinski definition) is 0. The molecule has 1 aliphatic heterocycles. The maximum Gasteiger partial charge on any atom is 0.213 e. The number of rotatable bonds is 2. The van der Waals surface area contributed by atoms with Gasteiger partial charge in [-0.05, 0) is 48.4 Å². The summed E-state index contributed by atoms with van der Waals surface area (Å²) in [7, 11) is 1.71. The molecule has 1 aliphatic rings. The predicted octanol–water partition coefficient (Wildman–Crippen LogP) is 6.70. The van der Waals surface area contributed by atoms with Gasteiger partial charge in [0.25, 0.3) is 0 Å². The summed E-state index contributed by atoms with van der Waals surface area (Å²) in [5.74, 6) is 1.62. The van der Waals surface area contributed by atoms with E-state index in [1.807, 2.05) is 24.3 Å². The number of aryl methyl sites for hydroxylation is 1. The second-order valence-corrected chi connectivity index (χ2v) is 6.72. The van der Waals surface area contributed by atoms with Gasteiger partial charge in [0.15, 0.2) is 0 Å². The van der Waals surface area contributed by atoms with Crippen molar-refractivity contribution in [2.75, 3.05) is 12.0 Å². The molecule has 5 rings (SSSR count). The quantitative estimate of drug-likeness (QED) is 0.353. The monoisotopic (exact) mass is 353 g/mol. The van der Waals surface area contributed by atoms with E-state index in [4.69, 9.17) is 9.15 Å². The molecule has 0 bridgehead atoms. The standard InChI is InChI=1S/C24H19NO2/c1-16-11-14-21(23(15-16)26-2)25-20-9-5-3-7-17(20)12-13-19-18-8-4-6-10-22(18)27-24(19)25/h3-15H,1-2H3. The number of hydrogen-bond acceptors (Lipinski definition) is 3. The Kier molecular flexibility index (Phi) is 3.54. The Labute approximate surface area is 158 Å². The first kappa shape index (κ1) is 15.8. The highest BCUT2D eigenvalue weighted by Crippen LogP contribution is 2.48. The van der Waals surface area contributed by atoms with Gasteiger partial charge in [-0.15, -0.1) is 0 Å². The Balaban J connectivity index is 1.86. The molecule has 3 heteroatoms. The van der Waals surface area contributed by atoms with E-state index >= 15 is 0 Å². The lowest BCUT2D eigenvalue weighted by molar-refractivity contribution is 0.415. The molecule has 0 atom stereocenters. The zero-order valence-electron chi connectivity index (χ0n) is 15.3. The summed E-state index contributed by atoms with van der Waals surface area (Å²) in [6.07, 6.45) is 4.29. The molecule has 0 saturated carbocycles. The van der Waals surface area contributed by atoms with Crippen LogP contribution in [-0.2, 0) is 0 Å². The van der Waals surface area contributed by atoms with E-state index in [1.165, 1.54) is 0 Å². The van der Waals surface area contributed by atoms with Crippen molar-refractivity contribution in [2.45, 2.75) is 6.92 Å². The summed E-state index contributed by atoms with van der Waals surface area (Å²) in [5.41, 5.74) is 6.26. The maximum absolute atomic E-state index is 6.34. The van der Waals surface area contributed by atoms with E-state index in [0.717, 1.165) is 50.7 Å². The van der Waals surface area contributed by atoms with Gasteiger partial charge in [0.05, 0.1) is 18.5 Å². The highest BCUT2D eigenvalue weighted by atomic mass is 16.5. The van der Waals surface area contributed by atoms with Crippen molar-refractivity contribution in [3.8, 4) is 5.75 Å². The fraction of sp³-hybridized carbons (Fsp3) is 0.0833. The van der Waals surface area contributed by atoms with Crippen LogP contribution in [0.3, 0.4) is 0 Å². The van der Waals surface area contributed by atoms with Gasteiger partial charge < -0.3 is 9.15 Å². The first-order valence-electron chi connectivity index (χ1n) is 8.99. The average Bonchev–Trinajstić information content (AvgIpc) is 2.98. The van der Waals surface area contributed by atoms with E-state index in [1.54, 1.807) is 7.11 Å². The van der Waals surface area contributed by atoms with Gasteiger partial charge in [-0.25, -0.2) is 0 Å². The molecule has 0 fully saturated rings. The summed E-state index contributed by atoms with van der Waals surface area (Å²) in [6, 6.07) is 22.7. The van der Waals surface area contributed by atoms with Crippen molar-refractivity contribution in [3.05, 3.63) is 83.4 Å². The minimum absolute atomic E-state index is 0.805. The molecule has 132 valence electrons. The molecule has 0 aliphatic carbocycles. The lowest BCUT2D eigenvalue weighted by Gasteiger charge is -2.25. The van der Waals surface area contributed by atoms with Crippen LogP contribution in [0, 0.1) is 6.92 Å². The number of nitrogens with zero attached hydrogens (tertiary/aromatic N) is 1. The normalized spacial score (nSPS) is 12.6. The van der Waals surface area contributed by atoms with Gasteiger partial charge in [0.1, 0.15) is 11.3 Å². The predicted molar refractivity (Wildman–Crippen MR) is 111 cm³/mol. The van der Waals surface area contributed by atoms with Crippen molar-refractivity contribution < 1.29 is 9.15 Å². The topological polar surface area (TPSA) is 25.6 Å². The van der Waals surface area contributed by atoms with Gasteiger partial charge in [-0.1, -0.05) is 48.5 Å². The average molecular weight is 353 g/mol. The number of anilines is 3. The molecule has 0 saturated heterocycles. The van der Waals surface area contributed by atoms with Crippen molar-refractivity contribution in [2.24, 2.45) is 0 Å². The molecular weight excluding hydrogens is 334 g/mol. The van der Waals surface area contributed by atoms with Crippen molar-refractivity contribution in [1.29, 1.82) is 0 Å². The first-order valence-corrected chi connectivity index (χ1v) is 8.99. The van der Waals surface area contributed by atoms with Crippen LogP contribution in [0.5, 0.6) is 5.75 Å². The third-order valence-electron chi connectivity index (χ3n) is 5.00. The first-order chi connectivity index (χ1) is 13.3. The highest BCUT2D eigenvalue weighted by Gasteiger charge is 2.27. The van der Waals surface area contributed by atoms with E-state index in [2.05, 4.69) is 66.4 Å². The minimum atomic E-state index is 0.805. The molecule has 1 aromatic heterocycles. The number of fused-ring (bicyclic) bond motifs is 4. The van der Waals surface area contributed by atoms with Gasteiger partial charge in [-0.3, -0.25) is 4.90 Å². The fourth-order valence-corrected chi connectivity index (χ4v) is 3.70. The van der Waals surface area contributed by atoms with E-state index < -0.39 is 0 Å². The number of para-hydroxylation sites is 2. The van der Waals surface area contributed by atoms with Crippen LogP contribution in [-0.4, -0.2) is 7.11 Å². The third-order valence-corrected chi connectivity index (χ3v) is 5.00. The molecule has 0 radical (unpaired) electrons. The zero-order valence-corrected chi connectivity index (χ0v) is 15.3. The largest absolute Gasteiger partial charge is 0.495 e. The van der Waals surface area contributed by atoms with Gasteiger partial charge in [0.2, 0.25) is 5.88 Å². The number of ether oxygens (including phenoxy) is 1. The summed E-state index contributed by atoms with van der Waals surface area (Å²) in [6.45, 7) is 2.07. The van der Waals surface area contributed by atoms with Gasteiger partial charge >= 0.3 is 0 Å². The molecule has 2 heterocycles. The SMILES string of the molecule is COc1cc(C)ccc1N1c2ccccc2C=Cc2c1oc1ccccc21. The molecule has 4 aromatic rings. The molecule has 0 unspecified atom stereocenters. The Morgan fingerprint density at radius 3 is 2.56 bits per heavy atom. The van der Waals surface area contributed by atoms with Crippen molar-refractivity contribution >= 4 is 40.4 Å². The van der Waals surface area contributed by atoms with E-state index in [9.17, 15) is 0 Å². The molecular formula is C24H19NO2. The van der Waals surface area contributed by atoms with Crippen LogP contribution in [0.25, 0.3) is 23.1 Å². The Bertz CT molecular complexity index is 1190. The summed E-state index contributed by atoms with van der Waals surface area (Å²) < 4.78 is 12.1. The van der Waals surface area contributed by atoms with Crippen LogP contribution < -0.4 is 9.64 Å². The van der Waals surface area contributed by atoms with Gasteiger partial charge in [0, 0.05) is 10.9 Å². The van der Waals surface area contributed by atoms with Crippen molar-refractivity contribution in [3.63, 3.8) is 0 Å². The molecule has 0 amide bonds. The lowest BCUT2D eigenvalue weighted by atomic mass is 10.1.